The van der Waals surface area contributed by atoms with Crippen molar-refractivity contribution in [2.45, 2.75) is 26.2 Å². The number of esters is 1. The lowest BCUT2D eigenvalue weighted by molar-refractivity contribution is -0.230. The van der Waals surface area contributed by atoms with Gasteiger partial charge < -0.3 is 19.6 Å². The number of hydrogen-bond acceptors (Lipinski definition) is 4. The SMILES string of the molecule is CCOC(=O)C12CC(C(=O)N3CCN(C(=O)O)CC3)(C1)C2. The Labute approximate surface area is 122 Å². The number of carboxylic acid groups (broad SMARTS) is 1. The summed E-state index contributed by atoms with van der Waals surface area (Å²) in [6.07, 6.45) is 0.846. The van der Waals surface area contributed by atoms with Crippen molar-refractivity contribution in [2.75, 3.05) is 32.8 Å². The smallest absolute Gasteiger partial charge is 0.407 e. The van der Waals surface area contributed by atoms with Gasteiger partial charge in [0.15, 0.2) is 0 Å². The lowest BCUT2D eigenvalue weighted by atomic mass is 9.34. The second-order valence-electron chi connectivity index (χ2n) is 6.37. The fraction of sp³-hybridized carbons (Fsp3) is 0.786. The first-order valence-corrected chi connectivity index (χ1v) is 7.37. The van der Waals surface area contributed by atoms with E-state index < -0.39 is 11.5 Å². The Morgan fingerprint density at radius 2 is 1.52 bits per heavy atom. The van der Waals surface area contributed by atoms with E-state index in [0.29, 0.717) is 52.0 Å². The Morgan fingerprint density at radius 3 is 2.00 bits per heavy atom. The van der Waals surface area contributed by atoms with Gasteiger partial charge in [0.1, 0.15) is 0 Å². The zero-order valence-corrected chi connectivity index (χ0v) is 12.1. The van der Waals surface area contributed by atoms with Gasteiger partial charge in [0.2, 0.25) is 5.91 Å². The van der Waals surface area contributed by atoms with Crippen LogP contribution < -0.4 is 0 Å². The first-order chi connectivity index (χ1) is 9.92. The minimum atomic E-state index is -0.936. The second kappa shape index (κ2) is 4.61. The van der Waals surface area contributed by atoms with E-state index in [4.69, 9.17) is 9.84 Å². The van der Waals surface area contributed by atoms with Crippen LogP contribution in [0.4, 0.5) is 4.79 Å². The molecule has 21 heavy (non-hydrogen) atoms. The minimum Gasteiger partial charge on any atom is -0.466 e. The Hall–Kier alpha value is -1.79. The van der Waals surface area contributed by atoms with Crippen molar-refractivity contribution < 1.29 is 24.2 Å². The Bertz CT molecular complexity index is 476. The van der Waals surface area contributed by atoms with Gasteiger partial charge in [-0.25, -0.2) is 4.79 Å². The summed E-state index contributed by atoms with van der Waals surface area (Å²) in [5, 5.41) is 8.90. The van der Waals surface area contributed by atoms with Crippen LogP contribution in [0.1, 0.15) is 26.2 Å². The topological polar surface area (TPSA) is 87.2 Å². The number of rotatable bonds is 3. The van der Waals surface area contributed by atoms with E-state index in [1.54, 1.807) is 11.8 Å². The van der Waals surface area contributed by atoms with Crippen LogP contribution in [0.3, 0.4) is 0 Å². The van der Waals surface area contributed by atoms with E-state index in [1.165, 1.54) is 4.90 Å². The summed E-state index contributed by atoms with van der Waals surface area (Å²) < 4.78 is 5.06. The molecule has 7 heteroatoms. The van der Waals surface area contributed by atoms with Crippen LogP contribution in [-0.2, 0) is 14.3 Å². The summed E-state index contributed by atoms with van der Waals surface area (Å²) in [5.41, 5.74) is -0.785. The van der Waals surface area contributed by atoms with E-state index in [2.05, 4.69) is 0 Å². The number of carbonyl (C=O) groups excluding carboxylic acids is 2. The average Bonchev–Trinajstić information content (AvgIpc) is 2.36. The van der Waals surface area contributed by atoms with Gasteiger partial charge >= 0.3 is 12.1 Å². The molecular weight excluding hydrogens is 276 g/mol. The fourth-order valence-electron chi connectivity index (χ4n) is 3.95. The van der Waals surface area contributed by atoms with Crippen LogP contribution in [-0.4, -0.2) is 65.7 Å². The fourth-order valence-corrected chi connectivity index (χ4v) is 3.95. The van der Waals surface area contributed by atoms with Crippen molar-refractivity contribution in [1.82, 2.24) is 9.80 Å². The molecule has 2 bridgehead atoms. The monoisotopic (exact) mass is 296 g/mol. The average molecular weight is 296 g/mol. The molecule has 2 amide bonds. The number of hydrogen-bond donors (Lipinski definition) is 1. The zero-order valence-electron chi connectivity index (χ0n) is 12.1. The lowest BCUT2D eigenvalue weighted by Crippen LogP contribution is -2.72. The molecule has 0 aromatic carbocycles. The van der Waals surface area contributed by atoms with Crippen molar-refractivity contribution in [2.24, 2.45) is 10.8 Å². The molecule has 116 valence electrons. The molecule has 7 nitrogen and oxygen atoms in total. The normalized spacial score (nSPS) is 33.8. The first-order valence-electron chi connectivity index (χ1n) is 7.37. The third kappa shape index (κ3) is 1.98. The summed E-state index contributed by atoms with van der Waals surface area (Å²) in [7, 11) is 0. The van der Waals surface area contributed by atoms with Gasteiger partial charge in [0.25, 0.3) is 0 Å². The molecule has 1 N–H and O–H groups in total. The summed E-state index contributed by atoms with van der Waals surface area (Å²) >= 11 is 0. The summed E-state index contributed by atoms with van der Waals surface area (Å²) in [4.78, 5) is 38.3. The van der Waals surface area contributed by atoms with Crippen molar-refractivity contribution in [3.05, 3.63) is 0 Å². The zero-order chi connectivity index (χ0) is 15.3. The Balaban J connectivity index is 1.53. The van der Waals surface area contributed by atoms with Gasteiger partial charge in [-0.3, -0.25) is 9.59 Å². The maximum Gasteiger partial charge on any atom is 0.407 e. The van der Waals surface area contributed by atoms with E-state index in [-0.39, 0.29) is 17.3 Å². The highest BCUT2D eigenvalue weighted by molar-refractivity contribution is 5.94. The van der Waals surface area contributed by atoms with Crippen molar-refractivity contribution in [3.63, 3.8) is 0 Å². The lowest BCUT2D eigenvalue weighted by Gasteiger charge is -2.67. The van der Waals surface area contributed by atoms with Crippen LogP contribution in [0.25, 0.3) is 0 Å². The van der Waals surface area contributed by atoms with Gasteiger partial charge in [0.05, 0.1) is 17.4 Å². The third-order valence-corrected chi connectivity index (χ3v) is 5.03. The molecular formula is C14H20N2O5. The molecule has 3 saturated carbocycles. The van der Waals surface area contributed by atoms with Gasteiger partial charge in [-0.15, -0.1) is 0 Å². The van der Waals surface area contributed by atoms with Crippen LogP contribution in [0.2, 0.25) is 0 Å². The molecule has 1 heterocycles. The number of amides is 2. The quantitative estimate of drug-likeness (QED) is 0.768. The van der Waals surface area contributed by atoms with Crippen molar-refractivity contribution >= 4 is 18.0 Å². The number of piperazine rings is 1. The Kier molecular flexibility index (Phi) is 3.11. The Morgan fingerprint density at radius 1 is 1.00 bits per heavy atom. The van der Waals surface area contributed by atoms with Crippen molar-refractivity contribution in [1.29, 1.82) is 0 Å². The molecule has 1 saturated heterocycles. The van der Waals surface area contributed by atoms with Gasteiger partial charge in [-0.1, -0.05) is 0 Å². The van der Waals surface area contributed by atoms with Crippen molar-refractivity contribution in [3.8, 4) is 0 Å². The third-order valence-electron chi connectivity index (χ3n) is 5.03. The standard InChI is InChI=1S/C14H20N2O5/c1-2-21-11(18)14-7-13(8-14,9-14)10(17)15-3-5-16(6-4-15)12(19)20/h2-9H2,1H3,(H,19,20). The van der Waals surface area contributed by atoms with Crippen LogP contribution >= 0.6 is 0 Å². The highest BCUT2D eigenvalue weighted by atomic mass is 16.5. The molecule has 4 rings (SSSR count). The number of nitrogens with zero attached hydrogens (tertiary/aromatic N) is 2. The largest absolute Gasteiger partial charge is 0.466 e. The molecule has 0 radical (unpaired) electrons. The maximum atomic E-state index is 12.5. The highest BCUT2D eigenvalue weighted by Gasteiger charge is 2.76. The number of carbonyl (C=O) groups is 3. The molecule has 1 aliphatic heterocycles. The first kappa shape index (κ1) is 14.2. The summed E-state index contributed by atoms with van der Waals surface area (Å²) in [5.74, 6) is -0.0888. The summed E-state index contributed by atoms with van der Waals surface area (Å²) in [6.45, 7) is 3.77. The molecule has 0 unspecified atom stereocenters. The van der Waals surface area contributed by atoms with Gasteiger partial charge in [0, 0.05) is 26.2 Å². The predicted octanol–water partition coefficient (Wildman–Crippen LogP) is 0.542. The molecule has 0 atom stereocenters. The maximum absolute atomic E-state index is 12.5. The second-order valence-corrected chi connectivity index (χ2v) is 6.37. The molecule has 0 spiro atoms. The molecule has 4 aliphatic rings. The summed E-state index contributed by atoms with van der Waals surface area (Å²) in [6, 6.07) is 0. The van der Waals surface area contributed by atoms with E-state index in [0.717, 1.165) is 0 Å². The van der Waals surface area contributed by atoms with Gasteiger partial charge in [-0.2, -0.15) is 0 Å². The number of ether oxygens (including phenoxy) is 1. The predicted molar refractivity (Wildman–Crippen MR) is 71.5 cm³/mol. The van der Waals surface area contributed by atoms with Crippen LogP contribution in [0.5, 0.6) is 0 Å². The molecule has 0 aromatic heterocycles. The molecule has 4 fully saturated rings. The van der Waals surface area contributed by atoms with E-state index in [1.807, 2.05) is 0 Å². The molecule has 0 aromatic rings. The van der Waals surface area contributed by atoms with Crippen LogP contribution in [0.15, 0.2) is 0 Å². The van der Waals surface area contributed by atoms with E-state index >= 15 is 0 Å². The van der Waals surface area contributed by atoms with Crippen LogP contribution in [0, 0.1) is 10.8 Å². The van der Waals surface area contributed by atoms with Gasteiger partial charge in [-0.05, 0) is 26.2 Å². The van der Waals surface area contributed by atoms with E-state index in [9.17, 15) is 14.4 Å². The molecule has 3 aliphatic carbocycles. The minimum absolute atomic E-state index is 0.0821. The highest BCUT2D eigenvalue weighted by Crippen LogP contribution is 2.74.